The van der Waals surface area contributed by atoms with E-state index in [0.29, 0.717) is 5.95 Å². The number of nitrogen functional groups attached to an aromatic ring is 1. The van der Waals surface area contributed by atoms with Crippen molar-refractivity contribution in [3.05, 3.63) is 22.4 Å². The van der Waals surface area contributed by atoms with Crippen LogP contribution >= 0.6 is 22.9 Å². The number of aromatic nitrogens is 2. The van der Waals surface area contributed by atoms with Gasteiger partial charge in [0, 0.05) is 16.4 Å². The largest absolute Gasteiger partial charge is 0.367 e. The molecular weight excluding hydrogens is 216 g/mol. The van der Waals surface area contributed by atoms with Crippen LogP contribution in [-0.4, -0.2) is 9.36 Å². The Hall–Kier alpha value is -1.14. The van der Waals surface area contributed by atoms with E-state index in [1.807, 2.05) is 6.07 Å². The number of anilines is 2. The Morgan fingerprint density at radius 2 is 2.43 bits per heavy atom. The third-order valence-corrected chi connectivity index (χ3v) is 3.47. The Morgan fingerprint density at radius 1 is 1.57 bits per heavy atom. The van der Waals surface area contributed by atoms with Crippen LogP contribution in [0.2, 0.25) is 0 Å². The van der Waals surface area contributed by atoms with Crippen LogP contribution in [0.3, 0.4) is 0 Å². The van der Waals surface area contributed by atoms with Crippen LogP contribution in [0.4, 0.5) is 11.1 Å². The monoisotopic (exact) mass is 226 g/mol. The minimum absolute atomic E-state index is 0.252. The van der Waals surface area contributed by atoms with Gasteiger partial charge < -0.3 is 11.1 Å². The van der Waals surface area contributed by atoms with Crippen molar-refractivity contribution in [1.82, 2.24) is 9.36 Å². The number of nitrogens with two attached hydrogens (primary N) is 1. The third-order valence-electron chi connectivity index (χ3n) is 1.75. The van der Waals surface area contributed by atoms with Crippen molar-refractivity contribution in [2.24, 2.45) is 0 Å². The molecule has 0 saturated carbocycles. The number of thiophene rings is 1. The first kappa shape index (κ1) is 9.42. The SMILES string of the molecule is CC(Nc1nc(N)ns1)c1cccs1. The average Bonchev–Trinajstić information content (AvgIpc) is 2.75. The van der Waals surface area contributed by atoms with E-state index in [-0.39, 0.29) is 6.04 Å². The summed E-state index contributed by atoms with van der Waals surface area (Å²) in [6.45, 7) is 2.09. The zero-order chi connectivity index (χ0) is 9.97. The van der Waals surface area contributed by atoms with Crippen molar-refractivity contribution in [2.75, 3.05) is 11.1 Å². The molecule has 1 atom stereocenters. The Kier molecular flexibility index (Phi) is 2.64. The Morgan fingerprint density at radius 3 is 3.00 bits per heavy atom. The van der Waals surface area contributed by atoms with Crippen LogP contribution in [0.5, 0.6) is 0 Å². The Labute approximate surface area is 90.0 Å². The Bertz CT molecular complexity index is 395. The number of hydrogen-bond acceptors (Lipinski definition) is 6. The van der Waals surface area contributed by atoms with E-state index in [1.165, 1.54) is 16.4 Å². The summed E-state index contributed by atoms with van der Waals surface area (Å²) in [5.41, 5.74) is 5.42. The smallest absolute Gasteiger partial charge is 0.233 e. The number of hydrogen-bond donors (Lipinski definition) is 2. The minimum atomic E-state index is 0.252. The van der Waals surface area contributed by atoms with Gasteiger partial charge in [-0.2, -0.15) is 9.36 Å². The van der Waals surface area contributed by atoms with Gasteiger partial charge in [0.15, 0.2) is 0 Å². The van der Waals surface area contributed by atoms with E-state index in [1.54, 1.807) is 11.3 Å². The molecule has 0 aliphatic heterocycles. The van der Waals surface area contributed by atoms with Crippen LogP contribution in [-0.2, 0) is 0 Å². The van der Waals surface area contributed by atoms with E-state index >= 15 is 0 Å². The van der Waals surface area contributed by atoms with Crippen molar-refractivity contribution in [3.8, 4) is 0 Å². The molecule has 2 rings (SSSR count). The predicted molar refractivity (Wildman–Crippen MR) is 60.7 cm³/mol. The Balaban J connectivity index is 2.05. The zero-order valence-corrected chi connectivity index (χ0v) is 9.23. The molecule has 2 aromatic heterocycles. The summed E-state index contributed by atoms with van der Waals surface area (Å²) < 4.78 is 3.90. The minimum Gasteiger partial charge on any atom is -0.367 e. The van der Waals surface area contributed by atoms with Gasteiger partial charge >= 0.3 is 0 Å². The molecule has 0 bridgehead atoms. The van der Waals surface area contributed by atoms with Crippen molar-refractivity contribution >= 4 is 33.9 Å². The van der Waals surface area contributed by atoms with Gasteiger partial charge in [0.1, 0.15) is 0 Å². The molecule has 6 heteroatoms. The summed E-state index contributed by atoms with van der Waals surface area (Å²) >= 11 is 3.00. The third kappa shape index (κ3) is 2.02. The van der Waals surface area contributed by atoms with Gasteiger partial charge in [-0.05, 0) is 18.4 Å². The summed E-state index contributed by atoms with van der Waals surface area (Å²) in [5, 5.41) is 6.06. The molecule has 0 aliphatic carbocycles. The lowest BCUT2D eigenvalue weighted by atomic mass is 10.3. The molecule has 2 heterocycles. The molecule has 0 aliphatic rings. The number of nitrogens with one attached hydrogen (secondary N) is 1. The molecule has 0 fully saturated rings. The zero-order valence-electron chi connectivity index (χ0n) is 7.60. The van der Waals surface area contributed by atoms with E-state index in [2.05, 4.69) is 33.0 Å². The summed E-state index contributed by atoms with van der Waals surface area (Å²) in [6.07, 6.45) is 0. The maximum atomic E-state index is 5.42. The molecule has 3 N–H and O–H groups in total. The molecule has 1 unspecified atom stereocenters. The first-order valence-electron chi connectivity index (χ1n) is 4.15. The highest BCUT2D eigenvalue weighted by atomic mass is 32.1. The fourth-order valence-electron chi connectivity index (χ4n) is 1.09. The summed E-state index contributed by atoms with van der Waals surface area (Å²) in [7, 11) is 0. The molecule has 0 saturated heterocycles. The van der Waals surface area contributed by atoms with Crippen molar-refractivity contribution in [1.29, 1.82) is 0 Å². The molecule has 4 nitrogen and oxygen atoms in total. The maximum absolute atomic E-state index is 5.42. The molecule has 14 heavy (non-hydrogen) atoms. The summed E-state index contributed by atoms with van der Waals surface area (Å²) in [4.78, 5) is 5.32. The first-order chi connectivity index (χ1) is 6.75. The highest BCUT2D eigenvalue weighted by Gasteiger charge is 2.08. The number of rotatable bonds is 3. The topological polar surface area (TPSA) is 63.8 Å². The molecule has 0 aromatic carbocycles. The molecule has 2 aromatic rings. The van der Waals surface area contributed by atoms with Gasteiger partial charge in [-0.1, -0.05) is 6.07 Å². The second-order valence-corrected chi connectivity index (χ2v) is 4.57. The normalized spacial score (nSPS) is 12.6. The molecule has 0 radical (unpaired) electrons. The second kappa shape index (κ2) is 3.93. The average molecular weight is 226 g/mol. The van der Waals surface area contributed by atoms with Gasteiger partial charge in [0.05, 0.1) is 6.04 Å². The second-order valence-electron chi connectivity index (χ2n) is 2.84. The van der Waals surface area contributed by atoms with Crippen molar-refractivity contribution < 1.29 is 0 Å². The van der Waals surface area contributed by atoms with E-state index in [4.69, 9.17) is 5.73 Å². The fraction of sp³-hybridized carbons (Fsp3) is 0.250. The molecule has 0 amide bonds. The van der Waals surface area contributed by atoms with Crippen LogP contribution < -0.4 is 11.1 Å². The lowest BCUT2D eigenvalue weighted by Crippen LogP contribution is -2.04. The van der Waals surface area contributed by atoms with E-state index in [0.717, 1.165) is 5.13 Å². The predicted octanol–water partition coefficient (Wildman–Crippen LogP) is 2.35. The highest BCUT2D eigenvalue weighted by molar-refractivity contribution is 7.10. The van der Waals surface area contributed by atoms with Gasteiger partial charge in [-0.15, -0.1) is 11.3 Å². The lowest BCUT2D eigenvalue weighted by Gasteiger charge is -2.09. The summed E-state index contributed by atoms with van der Waals surface area (Å²) in [6, 6.07) is 4.38. The lowest BCUT2D eigenvalue weighted by molar-refractivity contribution is 0.905. The first-order valence-corrected chi connectivity index (χ1v) is 5.80. The maximum Gasteiger partial charge on any atom is 0.233 e. The summed E-state index contributed by atoms with van der Waals surface area (Å²) in [5.74, 6) is 0.330. The highest BCUT2D eigenvalue weighted by Crippen LogP contribution is 2.23. The standard InChI is InChI=1S/C8H10N4S2/c1-5(6-3-2-4-13-6)10-8-11-7(9)12-14-8/h2-5H,1H3,(H3,9,10,11,12). The van der Waals surface area contributed by atoms with Gasteiger partial charge in [-0.3, -0.25) is 0 Å². The van der Waals surface area contributed by atoms with Crippen LogP contribution in [0.1, 0.15) is 17.8 Å². The van der Waals surface area contributed by atoms with Gasteiger partial charge in [0.2, 0.25) is 11.1 Å². The fourth-order valence-corrected chi connectivity index (χ4v) is 2.41. The van der Waals surface area contributed by atoms with Gasteiger partial charge in [-0.25, -0.2) is 0 Å². The van der Waals surface area contributed by atoms with E-state index < -0.39 is 0 Å². The van der Waals surface area contributed by atoms with Gasteiger partial charge in [0.25, 0.3) is 0 Å². The molecule has 74 valence electrons. The number of nitrogens with zero attached hydrogens (tertiary/aromatic N) is 2. The van der Waals surface area contributed by atoms with Crippen molar-refractivity contribution in [2.45, 2.75) is 13.0 Å². The molecular formula is C8H10N4S2. The van der Waals surface area contributed by atoms with E-state index in [9.17, 15) is 0 Å². The van der Waals surface area contributed by atoms with Crippen LogP contribution in [0.15, 0.2) is 17.5 Å². The van der Waals surface area contributed by atoms with Crippen LogP contribution in [0.25, 0.3) is 0 Å². The molecule has 0 spiro atoms. The van der Waals surface area contributed by atoms with Crippen molar-refractivity contribution in [3.63, 3.8) is 0 Å². The quantitative estimate of drug-likeness (QED) is 0.843. The van der Waals surface area contributed by atoms with Crippen LogP contribution in [0, 0.1) is 0 Å².